The second kappa shape index (κ2) is 6.04. The first kappa shape index (κ1) is 16.7. The summed E-state index contributed by atoms with van der Waals surface area (Å²) in [6.45, 7) is 0. The van der Waals surface area contributed by atoms with Gasteiger partial charge < -0.3 is 10.3 Å². The molecule has 0 saturated heterocycles. The Labute approximate surface area is 138 Å². The van der Waals surface area contributed by atoms with Gasteiger partial charge in [0.2, 0.25) is 5.43 Å². The number of carbonyl (C=O) groups is 1. The van der Waals surface area contributed by atoms with E-state index >= 15 is 0 Å². The quantitative estimate of drug-likeness (QED) is 0.688. The largest absolute Gasteiger partial charge is 0.418 e. The number of hydrogen-bond acceptors (Lipinski definition) is 2. The van der Waals surface area contributed by atoms with Crippen LogP contribution in [0.25, 0.3) is 10.9 Å². The van der Waals surface area contributed by atoms with Crippen LogP contribution >= 0.6 is 0 Å². The topological polar surface area (TPSA) is 62.0 Å². The number of nitrogens with one attached hydrogen (secondary N) is 2. The van der Waals surface area contributed by atoms with E-state index in [1.807, 2.05) is 0 Å². The molecule has 2 aromatic carbocycles. The highest BCUT2D eigenvalue weighted by molar-refractivity contribution is 6.06. The summed E-state index contributed by atoms with van der Waals surface area (Å²) in [5.74, 6) is -1.69. The summed E-state index contributed by atoms with van der Waals surface area (Å²) in [6, 6.07) is 7.82. The van der Waals surface area contributed by atoms with Crippen molar-refractivity contribution in [3.05, 3.63) is 75.8 Å². The average Bonchev–Trinajstić information content (AvgIpc) is 2.55. The van der Waals surface area contributed by atoms with Crippen molar-refractivity contribution in [1.29, 1.82) is 0 Å². The lowest BCUT2D eigenvalue weighted by Gasteiger charge is -2.13. The Balaban J connectivity index is 2.02. The Morgan fingerprint density at radius 3 is 2.52 bits per heavy atom. The number of anilines is 1. The van der Waals surface area contributed by atoms with Crippen LogP contribution in [-0.4, -0.2) is 10.9 Å². The van der Waals surface area contributed by atoms with E-state index in [0.29, 0.717) is 5.52 Å². The lowest BCUT2D eigenvalue weighted by atomic mass is 10.1. The number of rotatable bonds is 2. The number of aromatic nitrogens is 1. The third-order valence-corrected chi connectivity index (χ3v) is 3.57. The van der Waals surface area contributed by atoms with E-state index < -0.39 is 40.1 Å². The van der Waals surface area contributed by atoms with Gasteiger partial charge in [0.1, 0.15) is 11.4 Å². The number of fused-ring (bicyclic) bond motifs is 1. The van der Waals surface area contributed by atoms with Crippen molar-refractivity contribution in [1.82, 2.24) is 4.98 Å². The van der Waals surface area contributed by atoms with Crippen molar-refractivity contribution in [3.63, 3.8) is 0 Å². The number of hydrogen-bond donors (Lipinski definition) is 2. The monoisotopic (exact) mass is 350 g/mol. The molecule has 25 heavy (non-hydrogen) atoms. The summed E-state index contributed by atoms with van der Waals surface area (Å²) in [7, 11) is 0. The van der Waals surface area contributed by atoms with Crippen LogP contribution in [0.2, 0.25) is 0 Å². The first-order valence-corrected chi connectivity index (χ1v) is 7.06. The molecule has 0 bridgehead atoms. The second-order valence-corrected chi connectivity index (χ2v) is 5.22. The number of H-pyrrole nitrogens is 1. The number of para-hydroxylation sites is 1. The third-order valence-electron chi connectivity index (χ3n) is 3.57. The molecule has 4 nitrogen and oxygen atoms in total. The number of amides is 1. The fourth-order valence-electron chi connectivity index (χ4n) is 2.39. The van der Waals surface area contributed by atoms with Crippen LogP contribution in [-0.2, 0) is 6.18 Å². The number of alkyl halides is 3. The zero-order valence-corrected chi connectivity index (χ0v) is 12.4. The summed E-state index contributed by atoms with van der Waals surface area (Å²) in [5.41, 5.74) is -2.41. The van der Waals surface area contributed by atoms with Gasteiger partial charge in [-0.3, -0.25) is 9.59 Å². The number of carbonyl (C=O) groups excluding carboxylic acids is 1. The van der Waals surface area contributed by atoms with Crippen molar-refractivity contribution in [3.8, 4) is 0 Å². The summed E-state index contributed by atoms with van der Waals surface area (Å²) in [5, 5.41) is 2.01. The molecule has 0 aliphatic carbocycles. The van der Waals surface area contributed by atoms with Crippen molar-refractivity contribution in [2.45, 2.75) is 6.18 Å². The molecule has 2 N–H and O–H groups in total. The van der Waals surface area contributed by atoms with Gasteiger partial charge in [-0.15, -0.1) is 0 Å². The Kier molecular flexibility index (Phi) is 4.03. The van der Waals surface area contributed by atoms with Crippen LogP contribution in [0, 0.1) is 5.82 Å². The molecule has 1 heterocycles. The maximum Gasteiger partial charge on any atom is 0.418 e. The van der Waals surface area contributed by atoms with E-state index in [1.54, 1.807) is 0 Å². The first-order valence-electron chi connectivity index (χ1n) is 7.06. The fourth-order valence-corrected chi connectivity index (χ4v) is 2.39. The van der Waals surface area contributed by atoms with Gasteiger partial charge in [-0.2, -0.15) is 13.2 Å². The molecule has 1 aromatic heterocycles. The SMILES string of the molecule is O=C(Nc1ccccc1C(F)(F)F)c1c[nH]c2ccc(F)cc2c1=O. The van der Waals surface area contributed by atoms with Gasteiger partial charge in [0.05, 0.1) is 11.3 Å². The summed E-state index contributed by atoms with van der Waals surface area (Å²) < 4.78 is 52.2. The Morgan fingerprint density at radius 2 is 1.80 bits per heavy atom. The Morgan fingerprint density at radius 1 is 1.08 bits per heavy atom. The summed E-state index contributed by atoms with van der Waals surface area (Å²) in [4.78, 5) is 27.2. The number of benzene rings is 2. The molecule has 0 saturated carbocycles. The third kappa shape index (κ3) is 3.23. The fraction of sp³-hybridized carbons (Fsp3) is 0.0588. The molecule has 0 fully saturated rings. The van der Waals surface area contributed by atoms with Crippen LogP contribution in [0.1, 0.15) is 15.9 Å². The van der Waals surface area contributed by atoms with Gasteiger partial charge in [-0.05, 0) is 30.3 Å². The number of aromatic amines is 1. The van der Waals surface area contributed by atoms with Gasteiger partial charge in [0.25, 0.3) is 5.91 Å². The van der Waals surface area contributed by atoms with Crippen LogP contribution < -0.4 is 10.7 Å². The van der Waals surface area contributed by atoms with Gasteiger partial charge in [0.15, 0.2) is 0 Å². The lowest BCUT2D eigenvalue weighted by molar-refractivity contribution is -0.136. The zero-order valence-electron chi connectivity index (χ0n) is 12.4. The van der Waals surface area contributed by atoms with Crippen molar-refractivity contribution in [2.75, 3.05) is 5.32 Å². The highest BCUT2D eigenvalue weighted by Crippen LogP contribution is 2.34. The van der Waals surface area contributed by atoms with Gasteiger partial charge in [0, 0.05) is 17.1 Å². The van der Waals surface area contributed by atoms with E-state index in [1.165, 1.54) is 18.2 Å². The maximum absolute atomic E-state index is 13.3. The smallest absolute Gasteiger partial charge is 0.360 e. The minimum atomic E-state index is -4.66. The summed E-state index contributed by atoms with van der Waals surface area (Å²) in [6.07, 6.45) is -3.59. The molecule has 0 aliphatic heterocycles. The van der Waals surface area contributed by atoms with E-state index in [2.05, 4.69) is 10.3 Å². The lowest BCUT2D eigenvalue weighted by Crippen LogP contribution is -2.23. The average molecular weight is 350 g/mol. The van der Waals surface area contributed by atoms with Crippen LogP contribution in [0.15, 0.2) is 53.5 Å². The van der Waals surface area contributed by atoms with Crippen LogP contribution in [0.3, 0.4) is 0 Å². The highest BCUT2D eigenvalue weighted by atomic mass is 19.4. The molecule has 1 amide bonds. The molecule has 0 aliphatic rings. The number of halogens is 4. The molecule has 0 unspecified atom stereocenters. The second-order valence-electron chi connectivity index (χ2n) is 5.22. The predicted molar refractivity (Wildman–Crippen MR) is 83.9 cm³/mol. The highest BCUT2D eigenvalue weighted by Gasteiger charge is 2.33. The maximum atomic E-state index is 13.3. The zero-order chi connectivity index (χ0) is 18.2. The van der Waals surface area contributed by atoms with Gasteiger partial charge in [-0.25, -0.2) is 4.39 Å². The van der Waals surface area contributed by atoms with Crippen molar-refractivity contribution < 1.29 is 22.4 Å². The normalized spacial score (nSPS) is 11.5. The van der Waals surface area contributed by atoms with Gasteiger partial charge >= 0.3 is 6.18 Å². The predicted octanol–water partition coefficient (Wildman–Crippen LogP) is 3.94. The van der Waals surface area contributed by atoms with E-state index in [-0.39, 0.29) is 5.39 Å². The molecule has 3 aromatic rings. The van der Waals surface area contributed by atoms with Gasteiger partial charge in [-0.1, -0.05) is 12.1 Å². The van der Waals surface area contributed by atoms with E-state index in [9.17, 15) is 27.2 Å². The minimum absolute atomic E-state index is 0.0724. The Hall–Kier alpha value is -3.16. The molecular weight excluding hydrogens is 340 g/mol. The molecule has 0 spiro atoms. The van der Waals surface area contributed by atoms with E-state index in [4.69, 9.17) is 0 Å². The Bertz CT molecular complexity index is 1030. The van der Waals surface area contributed by atoms with Crippen LogP contribution in [0.5, 0.6) is 0 Å². The summed E-state index contributed by atoms with van der Waals surface area (Å²) >= 11 is 0. The van der Waals surface area contributed by atoms with Crippen molar-refractivity contribution in [2.24, 2.45) is 0 Å². The van der Waals surface area contributed by atoms with E-state index in [0.717, 1.165) is 30.5 Å². The minimum Gasteiger partial charge on any atom is -0.360 e. The molecule has 8 heteroatoms. The first-order chi connectivity index (χ1) is 11.8. The van der Waals surface area contributed by atoms with Crippen LogP contribution in [0.4, 0.5) is 23.2 Å². The number of pyridine rings is 1. The standard InChI is InChI=1S/C17H10F4N2O2/c18-9-5-6-13-10(7-9)15(24)11(8-22-13)16(25)23-14-4-2-1-3-12(14)17(19,20)21/h1-8H,(H,22,24)(H,23,25). The van der Waals surface area contributed by atoms with Crippen molar-refractivity contribution >= 4 is 22.5 Å². The molecular formula is C17H10F4N2O2. The molecule has 3 rings (SSSR count). The molecule has 128 valence electrons. The molecule has 0 atom stereocenters. The molecule has 0 radical (unpaired) electrons.